The standard InChI is InChI=1S/C18H15N3O3S/c1-2-10-24-13-5-3-4-12(11-13)16(18(22)23)21-9-7-15-14(17(21)25)6-8-19-20-15/h2-5,7,9,11,16,19-20H,1,10H2,(H,22,23). The Morgan fingerprint density at radius 2 is 2.32 bits per heavy atom. The zero-order chi connectivity index (χ0) is 17.8. The van der Waals surface area contributed by atoms with Crippen LogP contribution in [0.4, 0.5) is 5.69 Å². The molecule has 1 atom stereocenters. The van der Waals surface area contributed by atoms with Crippen molar-refractivity contribution in [3.63, 3.8) is 0 Å². The van der Waals surface area contributed by atoms with E-state index in [0.29, 0.717) is 33.8 Å². The van der Waals surface area contributed by atoms with E-state index in [9.17, 15) is 9.90 Å². The molecule has 7 heteroatoms. The minimum atomic E-state index is -1.02. The summed E-state index contributed by atoms with van der Waals surface area (Å²) < 4.78 is 7.36. The molecule has 0 aliphatic carbocycles. The molecule has 0 spiro atoms. The maximum atomic E-state index is 12.0. The van der Waals surface area contributed by atoms with Crippen molar-refractivity contribution in [2.75, 3.05) is 12.0 Å². The lowest BCUT2D eigenvalue weighted by atomic mass is 10.1. The van der Waals surface area contributed by atoms with Gasteiger partial charge in [0.25, 0.3) is 0 Å². The second-order valence-corrected chi connectivity index (χ2v) is 5.62. The van der Waals surface area contributed by atoms with Crippen molar-refractivity contribution in [1.29, 1.82) is 0 Å². The first-order chi connectivity index (χ1) is 12.1. The molecule has 2 heterocycles. The van der Waals surface area contributed by atoms with Crippen LogP contribution in [-0.4, -0.2) is 22.2 Å². The van der Waals surface area contributed by atoms with E-state index in [0.717, 1.165) is 0 Å². The number of rotatable bonds is 6. The quantitative estimate of drug-likeness (QED) is 0.421. The highest BCUT2D eigenvalue weighted by molar-refractivity contribution is 7.71. The third kappa shape index (κ3) is 3.34. The number of aromatic nitrogens is 1. The Balaban J connectivity index is 2.07. The molecule has 0 amide bonds. The Labute approximate surface area is 149 Å². The van der Waals surface area contributed by atoms with Crippen LogP contribution in [0.5, 0.6) is 5.75 Å². The molecular formula is C18H15N3O3S. The molecule has 1 aromatic carbocycles. The molecule has 3 rings (SSSR count). The molecule has 2 aromatic rings. The van der Waals surface area contributed by atoms with Crippen molar-refractivity contribution in [3.8, 4) is 17.7 Å². The van der Waals surface area contributed by atoms with E-state index in [1.165, 1.54) is 4.57 Å². The van der Waals surface area contributed by atoms with Crippen LogP contribution in [0.2, 0.25) is 0 Å². The van der Waals surface area contributed by atoms with Crippen LogP contribution in [-0.2, 0) is 4.79 Å². The van der Waals surface area contributed by atoms with Crippen molar-refractivity contribution in [3.05, 3.63) is 65.0 Å². The second kappa shape index (κ2) is 7.11. The van der Waals surface area contributed by atoms with Crippen molar-refractivity contribution < 1.29 is 14.6 Å². The number of nitrogens with one attached hydrogen (secondary N) is 2. The van der Waals surface area contributed by atoms with Gasteiger partial charge in [0.2, 0.25) is 0 Å². The third-order valence-electron chi connectivity index (χ3n) is 3.62. The van der Waals surface area contributed by atoms with Gasteiger partial charge >= 0.3 is 5.97 Å². The number of carboxylic acid groups (broad SMARTS) is 1. The van der Waals surface area contributed by atoms with Crippen molar-refractivity contribution in [2.45, 2.75) is 6.04 Å². The van der Waals surface area contributed by atoms with E-state index < -0.39 is 12.0 Å². The molecule has 25 heavy (non-hydrogen) atoms. The number of anilines is 1. The molecule has 3 N–H and O–H groups in total. The number of benzene rings is 1. The van der Waals surface area contributed by atoms with Gasteiger partial charge < -0.3 is 14.4 Å². The van der Waals surface area contributed by atoms with Gasteiger partial charge in [0.15, 0.2) is 6.04 Å². The SMILES string of the molecule is C=CCOc1cccc(C(C(=O)O)n2ccc3c(c2=S)C#CNN3)c1. The molecule has 0 saturated heterocycles. The first-order valence-electron chi connectivity index (χ1n) is 7.45. The number of hydrogen-bond acceptors (Lipinski definition) is 5. The summed E-state index contributed by atoms with van der Waals surface area (Å²) in [5, 5.41) is 9.79. The van der Waals surface area contributed by atoms with Crippen LogP contribution >= 0.6 is 12.2 Å². The zero-order valence-electron chi connectivity index (χ0n) is 13.2. The van der Waals surface area contributed by atoms with Crippen LogP contribution < -0.4 is 15.6 Å². The predicted octanol–water partition coefficient (Wildman–Crippen LogP) is 2.70. The maximum Gasteiger partial charge on any atom is 0.331 e. The minimum Gasteiger partial charge on any atom is -0.490 e. The average Bonchev–Trinajstić information content (AvgIpc) is 2.62. The summed E-state index contributed by atoms with van der Waals surface area (Å²) in [7, 11) is 0. The van der Waals surface area contributed by atoms with E-state index >= 15 is 0 Å². The van der Waals surface area contributed by atoms with Gasteiger partial charge in [-0.25, -0.2) is 4.79 Å². The van der Waals surface area contributed by atoms with E-state index in [2.05, 4.69) is 29.4 Å². The molecule has 1 aliphatic heterocycles. The summed E-state index contributed by atoms with van der Waals surface area (Å²) >= 11 is 5.46. The first-order valence-corrected chi connectivity index (χ1v) is 7.86. The van der Waals surface area contributed by atoms with Crippen LogP contribution in [0, 0.1) is 16.6 Å². The molecule has 1 unspecified atom stereocenters. The molecule has 1 aromatic heterocycles. The molecule has 126 valence electrons. The van der Waals surface area contributed by atoms with Crippen LogP contribution in [0.25, 0.3) is 0 Å². The van der Waals surface area contributed by atoms with Gasteiger partial charge in [-0.3, -0.25) is 10.9 Å². The predicted molar refractivity (Wildman–Crippen MR) is 96.8 cm³/mol. The largest absolute Gasteiger partial charge is 0.490 e. The van der Waals surface area contributed by atoms with E-state index in [4.69, 9.17) is 17.0 Å². The lowest BCUT2D eigenvalue weighted by Crippen LogP contribution is -2.24. The maximum absolute atomic E-state index is 12.0. The minimum absolute atomic E-state index is 0.341. The lowest BCUT2D eigenvalue weighted by Gasteiger charge is -2.20. The summed E-state index contributed by atoms with van der Waals surface area (Å²) in [6, 6.07) is 10.4. The van der Waals surface area contributed by atoms with Gasteiger partial charge in [-0.05, 0) is 29.7 Å². The third-order valence-corrected chi connectivity index (χ3v) is 4.04. The van der Waals surface area contributed by atoms with Gasteiger partial charge in [-0.2, -0.15) is 0 Å². The fourth-order valence-corrected chi connectivity index (χ4v) is 2.85. The lowest BCUT2D eigenvalue weighted by molar-refractivity contribution is -0.139. The molecule has 0 fully saturated rings. The monoisotopic (exact) mass is 353 g/mol. The van der Waals surface area contributed by atoms with Gasteiger partial charge in [0, 0.05) is 12.2 Å². The van der Waals surface area contributed by atoms with E-state index in [1.54, 1.807) is 42.6 Å². The fourth-order valence-electron chi connectivity index (χ4n) is 2.52. The van der Waals surface area contributed by atoms with Gasteiger partial charge in [-0.15, -0.1) is 0 Å². The number of ether oxygens (including phenoxy) is 1. The Hall–Kier alpha value is -3.24. The summed E-state index contributed by atoms with van der Waals surface area (Å²) in [4.78, 5) is 12.0. The second-order valence-electron chi connectivity index (χ2n) is 5.23. The summed E-state index contributed by atoms with van der Waals surface area (Å²) in [6.07, 6.45) is 3.26. The van der Waals surface area contributed by atoms with Gasteiger partial charge in [0.05, 0.1) is 11.3 Å². The van der Waals surface area contributed by atoms with Crippen LogP contribution in [0.3, 0.4) is 0 Å². The normalized spacial score (nSPS) is 12.5. The number of hydrogen-bond donors (Lipinski definition) is 3. The number of carboxylic acids is 1. The summed E-state index contributed by atoms with van der Waals surface area (Å²) in [6.45, 7) is 3.94. The Morgan fingerprint density at radius 1 is 1.48 bits per heavy atom. The highest BCUT2D eigenvalue weighted by atomic mass is 32.1. The molecule has 0 bridgehead atoms. The smallest absolute Gasteiger partial charge is 0.331 e. The number of pyridine rings is 1. The highest BCUT2D eigenvalue weighted by Gasteiger charge is 2.24. The number of nitrogens with zero attached hydrogens (tertiary/aromatic N) is 1. The van der Waals surface area contributed by atoms with Gasteiger partial charge in [0.1, 0.15) is 17.0 Å². The Kier molecular flexibility index (Phi) is 4.73. The number of carbonyl (C=O) groups is 1. The first kappa shape index (κ1) is 16.6. The highest BCUT2D eigenvalue weighted by Crippen LogP contribution is 2.26. The molecule has 0 radical (unpaired) electrons. The van der Waals surface area contributed by atoms with Gasteiger partial charge in [-0.1, -0.05) is 37.0 Å². The number of hydrazine groups is 1. The number of aliphatic carboxylic acids is 1. The Bertz CT molecular complexity index is 956. The molecule has 0 saturated carbocycles. The fraction of sp³-hybridized carbons (Fsp3) is 0.111. The van der Waals surface area contributed by atoms with Crippen molar-refractivity contribution in [1.82, 2.24) is 9.99 Å². The number of fused-ring (bicyclic) bond motifs is 1. The average molecular weight is 353 g/mol. The summed E-state index contributed by atoms with van der Waals surface area (Å²) in [5.74, 6) is 2.43. The molecular weight excluding hydrogens is 338 g/mol. The Morgan fingerprint density at radius 3 is 3.08 bits per heavy atom. The van der Waals surface area contributed by atoms with Crippen LogP contribution in [0.15, 0.2) is 49.2 Å². The van der Waals surface area contributed by atoms with E-state index in [-0.39, 0.29) is 0 Å². The van der Waals surface area contributed by atoms with E-state index in [1.807, 2.05) is 0 Å². The molecule has 6 nitrogen and oxygen atoms in total. The zero-order valence-corrected chi connectivity index (χ0v) is 14.0. The summed E-state index contributed by atoms with van der Waals surface area (Å²) in [5.41, 5.74) is 7.44. The van der Waals surface area contributed by atoms with Crippen molar-refractivity contribution in [2.24, 2.45) is 0 Å². The topological polar surface area (TPSA) is 75.5 Å². The molecule has 1 aliphatic rings. The van der Waals surface area contributed by atoms with Crippen molar-refractivity contribution >= 4 is 23.9 Å². The van der Waals surface area contributed by atoms with Crippen LogP contribution in [0.1, 0.15) is 17.2 Å².